The first-order valence-corrected chi connectivity index (χ1v) is 18.1. The fourth-order valence-electron chi connectivity index (χ4n) is 4.89. The standard InChI is InChI=1S/C19H15BrClN5.C15H14BrClN4.C2H6/c20-15-11-24-26-18(23-10-12-4-3-5-13(22)8-12)9-17(25-19(15)26)14-6-1-2-7-16(14)21;1-2-7-18-14-8-13(10-5-3-4-6-12(10)17)20-15-11(16)9-19-21(14)15;1-2/h1-9,11,23H,10,22H2;3-6,8-9,18H,2,7H2,1H3;1-2H3. The lowest BCUT2D eigenvalue weighted by atomic mass is 10.1. The molecule has 0 aliphatic heterocycles. The Bertz CT molecular complexity index is 2180. The largest absolute Gasteiger partial charge is 0.399 e. The van der Waals surface area contributed by atoms with Crippen molar-refractivity contribution in [2.75, 3.05) is 22.9 Å². The van der Waals surface area contributed by atoms with Crippen LogP contribution in [-0.4, -0.2) is 35.7 Å². The molecule has 7 rings (SSSR count). The van der Waals surface area contributed by atoms with Gasteiger partial charge in [-0.2, -0.15) is 19.2 Å². The van der Waals surface area contributed by atoms with E-state index in [2.05, 4.69) is 64.6 Å². The number of benzene rings is 3. The van der Waals surface area contributed by atoms with Crippen LogP contribution in [0.1, 0.15) is 32.8 Å². The van der Waals surface area contributed by atoms with Gasteiger partial charge in [0, 0.05) is 52.1 Å². The molecule has 7 aromatic rings. The Balaban J connectivity index is 0.000000186. The lowest BCUT2D eigenvalue weighted by Crippen LogP contribution is -2.07. The van der Waals surface area contributed by atoms with Crippen molar-refractivity contribution in [1.82, 2.24) is 29.2 Å². The van der Waals surface area contributed by atoms with Gasteiger partial charge in [0.2, 0.25) is 0 Å². The molecule has 0 radical (unpaired) electrons. The van der Waals surface area contributed by atoms with E-state index in [0.717, 1.165) is 78.6 Å². The van der Waals surface area contributed by atoms with Gasteiger partial charge in [-0.1, -0.05) is 92.5 Å². The number of aromatic nitrogens is 6. The molecule has 0 fully saturated rings. The second-order valence-electron chi connectivity index (χ2n) is 10.5. The molecule has 13 heteroatoms. The predicted molar refractivity (Wildman–Crippen MR) is 211 cm³/mol. The van der Waals surface area contributed by atoms with E-state index in [1.54, 1.807) is 21.4 Å². The Labute approximate surface area is 312 Å². The maximum Gasteiger partial charge on any atom is 0.172 e. The molecular formula is C36H35Br2Cl2N9. The fraction of sp³-hybridized carbons (Fsp3) is 0.167. The van der Waals surface area contributed by atoms with Crippen molar-refractivity contribution in [3.63, 3.8) is 0 Å². The summed E-state index contributed by atoms with van der Waals surface area (Å²) in [6.45, 7) is 7.61. The quantitative estimate of drug-likeness (QED) is 0.131. The monoisotopic (exact) mass is 821 g/mol. The van der Waals surface area contributed by atoms with E-state index >= 15 is 0 Å². The van der Waals surface area contributed by atoms with Gasteiger partial charge in [0.1, 0.15) is 11.6 Å². The first-order chi connectivity index (χ1) is 23.8. The number of halogens is 4. The van der Waals surface area contributed by atoms with Gasteiger partial charge < -0.3 is 16.4 Å². The highest BCUT2D eigenvalue weighted by molar-refractivity contribution is 9.11. The van der Waals surface area contributed by atoms with Crippen LogP contribution >= 0.6 is 55.1 Å². The smallest absolute Gasteiger partial charge is 0.172 e. The van der Waals surface area contributed by atoms with Crippen LogP contribution < -0.4 is 16.4 Å². The van der Waals surface area contributed by atoms with Crippen LogP contribution in [0, 0.1) is 0 Å². The summed E-state index contributed by atoms with van der Waals surface area (Å²) < 4.78 is 5.23. The van der Waals surface area contributed by atoms with E-state index < -0.39 is 0 Å². The Morgan fingerprint density at radius 1 is 0.694 bits per heavy atom. The van der Waals surface area contributed by atoms with Crippen LogP contribution in [-0.2, 0) is 6.54 Å². The molecule has 252 valence electrons. The van der Waals surface area contributed by atoms with Gasteiger partial charge >= 0.3 is 0 Å². The summed E-state index contributed by atoms with van der Waals surface area (Å²) in [4.78, 5) is 9.37. The third-order valence-corrected chi connectivity index (χ3v) is 8.92. The van der Waals surface area contributed by atoms with Crippen LogP contribution in [0.3, 0.4) is 0 Å². The topological polar surface area (TPSA) is 110 Å². The summed E-state index contributed by atoms with van der Waals surface area (Å²) in [5.41, 5.74) is 12.6. The zero-order valence-electron chi connectivity index (χ0n) is 27.1. The molecule has 49 heavy (non-hydrogen) atoms. The van der Waals surface area contributed by atoms with Gasteiger partial charge in [-0.05, 0) is 68.1 Å². The summed E-state index contributed by atoms with van der Waals surface area (Å²) in [6, 6.07) is 27.0. The molecule has 0 bridgehead atoms. The van der Waals surface area contributed by atoms with Gasteiger partial charge in [0.15, 0.2) is 11.3 Å². The Morgan fingerprint density at radius 3 is 1.69 bits per heavy atom. The number of rotatable bonds is 8. The average molecular weight is 824 g/mol. The maximum absolute atomic E-state index is 6.36. The third kappa shape index (κ3) is 8.53. The van der Waals surface area contributed by atoms with Crippen molar-refractivity contribution < 1.29 is 0 Å². The first-order valence-electron chi connectivity index (χ1n) is 15.7. The number of hydrogen-bond acceptors (Lipinski definition) is 7. The number of nitrogens with one attached hydrogen (secondary N) is 2. The van der Waals surface area contributed by atoms with Crippen molar-refractivity contribution in [3.05, 3.63) is 122 Å². The van der Waals surface area contributed by atoms with Crippen molar-refractivity contribution >= 4 is 83.7 Å². The summed E-state index contributed by atoms with van der Waals surface area (Å²) in [7, 11) is 0. The SMILES string of the molecule is CC.CCCNc1cc(-c2ccccc2Cl)nc2c(Br)cnn12.Nc1cccc(CNc2cc(-c3ccccc3Cl)nc3c(Br)cnn23)c1. The molecule has 4 aromatic heterocycles. The van der Waals surface area contributed by atoms with E-state index in [-0.39, 0.29) is 0 Å². The van der Waals surface area contributed by atoms with Crippen molar-refractivity contribution in [1.29, 1.82) is 0 Å². The number of anilines is 3. The molecule has 0 saturated carbocycles. The van der Waals surface area contributed by atoms with E-state index in [4.69, 9.17) is 33.9 Å². The Kier molecular flexibility index (Phi) is 12.5. The fourth-order valence-corrected chi connectivity index (χ4v) is 6.05. The number of fused-ring (bicyclic) bond motifs is 2. The molecule has 3 aromatic carbocycles. The molecule has 9 nitrogen and oxygen atoms in total. The Hall–Kier alpha value is -4.16. The second kappa shape index (κ2) is 17.0. The van der Waals surface area contributed by atoms with E-state index in [0.29, 0.717) is 16.6 Å². The molecule has 4 heterocycles. The van der Waals surface area contributed by atoms with Crippen LogP contribution in [0.5, 0.6) is 0 Å². The second-order valence-corrected chi connectivity index (χ2v) is 13.0. The van der Waals surface area contributed by atoms with Crippen LogP contribution in [0.4, 0.5) is 17.3 Å². The van der Waals surface area contributed by atoms with Crippen molar-refractivity contribution in [2.24, 2.45) is 0 Å². The molecule has 0 aliphatic carbocycles. The molecular weight excluding hydrogens is 789 g/mol. The van der Waals surface area contributed by atoms with E-state index in [1.165, 1.54) is 0 Å². The van der Waals surface area contributed by atoms with Crippen molar-refractivity contribution in [2.45, 2.75) is 33.7 Å². The third-order valence-electron chi connectivity index (χ3n) is 7.14. The normalized spacial score (nSPS) is 10.7. The zero-order chi connectivity index (χ0) is 34.9. The highest BCUT2D eigenvalue weighted by Gasteiger charge is 2.14. The van der Waals surface area contributed by atoms with Gasteiger partial charge in [0.25, 0.3) is 0 Å². The van der Waals surface area contributed by atoms with Gasteiger partial charge in [0.05, 0.1) is 32.7 Å². The number of hydrogen-bond donors (Lipinski definition) is 3. The Morgan fingerprint density at radius 2 is 1.20 bits per heavy atom. The lowest BCUT2D eigenvalue weighted by Gasteiger charge is -2.12. The van der Waals surface area contributed by atoms with Crippen LogP contribution in [0.2, 0.25) is 10.0 Å². The van der Waals surface area contributed by atoms with Crippen molar-refractivity contribution in [3.8, 4) is 22.5 Å². The average Bonchev–Trinajstić information content (AvgIpc) is 3.69. The maximum atomic E-state index is 6.36. The number of nitrogens with two attached hydrogens (primary N) is 1. The highest BCUT2D eigenvalue weighted by atomic mass is 79.9. The van der Waals surface area contributed by atoms with Gasteiger partial charge in [-0.25, -0.2) is 9.97 Å². The van der Waals surface area contributed by atoms with Gasteiger partial charge in [-0.15, -0.1) is 0 Å². The molecule has 0 atom stereocenters. The minimum absolute atomic E-state index is 0.615. The number of nitrogen functional groups attached to an aromatic ring is 1. The molecule has 4 N–H and O–H groups in total. The molecule has 0 saturated heterocycles. The predicted octanol–water partition coefficient (Wildman–Crippen LogP) is 10.7. The first kappa shape index (κ1) is 36.1. The molecule has 0 amide bonds. The van der Waals surface area contributed by atoms with E-state index in [1.807, 2.05) is 98.8 Å². The highest BCUT2D eigenvalue weighted by Crippen LogP contribution is 2.32. The zero-order valence-corrected chi connectivity index (χ0v) is 31.8. The number of nitrogens with zero attached hydrogens (tertiary/aromatic N) is 6. The van der Waals surface area contributed by atoms with Gasteiger partial charge in [-0.3, -0.25) is 0 Å². The van der Waals surface area contributed by atoms with Crippen LogP contribution in [0.25, 0.3) is 33.8 Å². The minimum atomic E-state index is 0.615. The van der Waals surface area contributed by atoms with Crippen LogP contribution in [0.15, 0.2) is 106 Å². The summed E-state index contributed by atoms with van der Waals surface area (Å²) in [5.74, 6) is 1.72. The lowest BCUT2D eigenvalue weighted by molar-refractivity contribution is 0.904. The summed E-state index contributed by atoms with van der Waals surface area (Å²) in [5, 5.41) is 16.9. The molecule has 0 aliphatic rings. The minimum Gasteiger partial charge on any atom is -0.399 e. The summed E-state index contributed by atoms with van der Waals surface area (Å²) in [6.07, 6.45) is 4.51. The van der Waals surface area contributed by atoms with E-state index in [9.17, 15) is 0 Å². The molecule has 0 spiro atoms. The summed E-state index contributed by atoms with van der Waals surface area (Å²) >= 11 is 19.6. The molecule has 0 unspecified atom stereocenters.